The summed E-state index contributed by atoms with van der Waals surface area (Å²) >= 11 is 0. The highest BCUT2D eigenvalue weighted by Gasteiger charge is 2.68. The van der Waals surface area contributed by atoms with Crippen LogP contribution in [0.25, 0.3) is 0 Å². The number of hydrogen-bond donors (Lipinski definition) is 2. The van der Waals surface area contributed by atoms with Crippen LogP contribution in [0.2, 0.25) is 0 Å². The van der Waals surface area contributed by atoms with E-state index in [1.54, 1.807) is 0 Å². The van der Waals surface area contributed by atoms with Crippen LogP contribution in [0.5, 0.6) is 0 Å². The van der Waals surface area contributed by atoms with Crippen molar-refractivity contribution >= 4 is 17.9 Å². The molecule has 0 aromatic carbocycles. The summed E-state index contributed by atoms with van der Waals surface area (Å²) in [6, 6.07) is 0. The number of aliphatic hydroxyl groups excluding tert-OH is 1. The van der Waals surface area contributed by atoms with Crippen LogP contribution in [0, 0.1) is 51.2 Å². The summed E-state index contributed by atoms with van der Waals surface area (Å²) in [7, 11) is 0. The molecule has 4 rings (SSSR count). The van der Waals surface area contributed by atoms with Crippen molar-refractivity contribution < 1.29 is 34.1 Å². The van der Waals surface area contributed by atoms with Crippen molar-refractivity contribution in [2.45, 2.75) is 132 Å². The standard InChI is InChI=1S/C35H56O7/c1-20(2)23(19-36)10-11-24(31(39)40)30-27(41-21(3)37)18-35(9)26-12-13-28-32(5,6)29(42-22(4)38)15-16-33(28,7)25(26)14-17-34(30,35)8/h20,23-24,27-30,36H,10-19H2,1-9H3,(H,39,40). The van der Waals surface area contributed by atoms with Gasteiger partial charge in [0, 0.05) is 31.8 Å². The highest BCUT2D eigenvalue weighted by molar-refractivity contribution is 5.71. The topological polar surface area (TPSA) is 110 Å². The maximum absolute atomic E-state index is 13.0. The molecule has 0 spiro atoms. The van der Waals surface area contributed by atoms with Gasteiger partial charge in [-0.25, -0.2) is 0 Å². The fraction of sp³-hybridized carbons (Fsp3) is 0.857. The lowest BCUT2D eigenvalue weighted by molar-refractivity contribution is -0.167. The number of hydrogen-bond acceptors (Lipinski definition) is 6. The number of allylic oxidation sites excluding steroid dienone is 2. The molecule has 0 saturated heterocycles. The minimum atomic E-state index is -0.830. The highest BCUT2D eigenvalue weighted by Crippen LogP contribution is 2.73. The largest absolute Gasteiger partial charge is 0.481 e. The zero-order chi connectivity index (χ0) is 31.4. The van der Waals surface area contributed by atoms with Gasteiger partial charge in [-0.2, -0.15) is 0 Å². The lowest BCUT2D eigenvalue weighted by Gasteiger charge is -2.62. The summed E-state index contributed by atoms with van der Waals surface area (Å²) < 4.78 is 11.9. The number of aliphatic hydroxyl groups is 1. The Hall–Kier alpha value is -1.89. The van der Waals surface area contributed by atoms with Crippen LogP contribution in [0.4, 0.5) is 0 Å². The zero-order valence-electron chi connectivity index (χ0n) is 27.5. The van der Waals surface area contributed by atoms with Crippen LogP contribution in [-0.4, -0.2) is 46.9 Å². The van der Waals surface area contributed by atoms with E-state index in [0.29, 0.717) is 25.2 Å². The van der Waals surface area contributed by atoms with Crippen LogP contribution < -0.4 is 0 Å². The number of ether oxygens (including phenoxy) is 2. The molecule has 0 bridgehead atoms. The molecule has 4 aliphatic carbocycles. The Morgan fingerprint density at radius 1 is 0.905 bits per heavy atom. The second kappa shape index (κ2) is 11.6. The Kier molecular flexibility index (Phi) is 9.08. The van der Waals surface area contributed by atoms with Gasteiger partial charge in [0.25, 0.3) is 0 Å². The van der Waals surface area contributed by atoms with Crippen LogP contribution in [0.1, 0.15) is 120 Å². The van der Waals surface area contributed by atoms with E-state index in [2.05, 4.69) is 48.5 Å². The normalized spacial score (nSPS) is 38.6. The molecule has 0 aromatic heterocycles. The summed E-state index contributed by atoms with van der Waals surface area (Å²) in [5.74, 6) is -1.66. The number of aliphatic carboxylic acids is 1. The molecule has 9 atom stereocenters. The summed E-state index contributed by atoms with van der Waals surface area (Å²) in [6.45, 7) is 18.6. The smallest absolute Gasteiger partial charge is 0.306 e. The number of carboxylic acid groups (broad SMARTS) is 1. The van der Waals surface area contributed by atoms with E-state index in [4.69, 9.17) is 9.47 Å². The third kappa shape index (κ3) is 5.24. The molecule has 0 amide bonds. The summed E-state index contributed by atoms with van der Waals surface area (Å²) in [5, 5.41) is 20.6. The molecule has 238 valence electrons. The lowest BCUT2D eigenvalue weighted by atomic mass is 9.43. The van der Waals surface area contributed by atoms with Gasteiger partial charge in [-0.1, -0.05) is 59.6 Å². The summed E-state index contributed by atoms with van der Waals surface area (Å²) in [4.78, 5) is 37.3. The number of carbonyl (C=O) groups is 3. The van der Waals surface area contributed by atoms with Gasteiger partial charge in [0.05, 0.1) is 5.92 Å². The molecule has 4 aliphatic rings. The lowest BCUT2D eigenvalue weighted by Crippen LogP contribution is -2.56. The average Bonchev–Trinajstić information content (AvgIpc) is 3.09. The minimum Gasteiger partial charge on any atom is -0.481 e. The van der Waals surface area contributed by atoms with E-state index in [1.165, 1.54) is 25.0 Å². The maximum atomic E-state index is 13.0. The fourth-order valence-electron chi connectivity index (χ4n) is 10.7. The first-order valence-corrected chi connectivity index (χ1v) is 16.3. The van der Waals surface area contributed by atoms with Gasteiger partial charge in [-0.05, 0) is 91.8 Å². The first-order valence-electron chi connectivity index (χ1n) is 16.3. The summed E-state index contributed by atoms with van der Waals surface area (Å²) in [6.07, 6.45) is 6.72. The molecule has 0 heterocycles. The van der Waals surface area contributed by atoms with Crippen molar-refractivity contribution in [1.29, 1.82) is 0 Å². The minimum absolute atomic E-state index is 0.00903. The monoisotopic (exact) mass is 588 g/mol. The highest BCUT2D eigenvalue weighted by atomic mass is 16.5. The van der Waals surface area contributed by atoms with Gasteiger partial charge in [-0.15, -0.1) is 0 Å². The predicted octanol–water partition coefficient (Wildman–Crippen LogP) is 6.95. The number of esters is 2. The van der Waals surface area contributed by atoms with Gasteiger partial charge < -0.3 is 19.7 Å². The van der Waals surface area contributed by atoms with Crippen molar-refractivity contribution in [3.8, 4) is 0 Å². The third-order valence-electron chi connectivity index (χ3n) is 13.1. The molecule has 2 saturated carbocycles. The molecule has 2 fully saturated rings. The number of rotatable bonds is 9. The van der Waals surface area contributed by atoms with Crippen LogP contribution in [0.15, 0.2) is 11.1 Å². The quantitative estimate of drug-likeness (QED) is 0.221. The molecule has 2 N–H and O–H groups in total. The molecule has 9 unspecified atom stereocenters. The first-order chi connectivity index (χ1) is 19.4. The third-order valence-corrected chi connectivity index (χ3v) is 13.1. The molecule has 0 aliphatic heterocycles. The number of fused-ring (bicyclic) bond motifs is 4. The first kappa shape index (κ1) is 33.0. The molecule has 0 radical (unpaired) electrons. The molecular formula is C35H56O7. The molecule has 0 aromatic rings. The van der Waals surface area contributed by atoms with Crippen molar-refractivity contribution in [3.63, 3.8) is 0 Å². The average molecular weight is 589 g/mol. The Balaban J connectivity index is 1.75. The summed E-state index contributed by atoms with van der Waals surface area (Å²) in [5.41, 5.74) is 2.22. The van der Waals surface area contributed by atoms with Crippen LogP contribution in [0.3, 0.4) is 0 Å². The fourth-order valence-corrected chi connectivity index (χ4v) is 10.7. The second-order valence-electron chi connectivity index (χ2n) is 15.8. The van der Waals surface area contributed by atoms with E-state index in [0.717, 1.165) is 38.5 Å². The Morgan fingerprint density at radius 2 is 1.55 bits per heavy atom. The molecule has 7 nitrogen and oxygen atoms in total. The molecule has 42 heavy (non-hydrogen) atoms. The van der Waals surface area contributed by atoms with E-state index < -0.39 is 18.0 Å². The number of carboxylic acids is 1. The van der Waals surface area contributed by atoms with Gasteiger partial charge >= 0.3 is 17.9 Å². The Labute approximate surface area is 253 Å². The van der Waals surface area contributed by atoms with Gasteiger partial charge in [0.15, 0.2) is 0 Å². The van der Waals surface area contributed by atoms with Crippen molar-refractivity contribution in [2.75, 3.05) is 6.61 Å². The van der Waals surface area contributed by atoms with Crippen molar-refractivity contribution in [2.24, 2.45) is 51.2 Å². The van der Waals surface area contributed by atoms with Crippen LogP contribution in [-0.2, 0) is 23.9 Å². The Bertz CT molecular complexity index is 1110. The van der Waals surface area contributed by atoms with Crippen molar-refractivity contribution in [3.05, 3.63) is 11.1 Å². The van der Waals surface area contributed by atoms with Crippen LogP contribution >= 0.6 is 0 Å². The second-order valence-corrected chi connectivity index (χ2v) is 15.8. The molecular weight excluding hydrogens is 532 g/mol. The predicted molar refractivity (Wildman–Crippen MR) is 161 cm³/mol. The van der Waals surface area contributed by atoms with E-state index in [9.17, 15) is 24.6 Å². The van der Waals surface area contributed by atoms with Gasteiger partial charge in [0.2, 0.25) is 0 Å². The maximum Gasteiger partial charge on any atom is 0.306 e. The van der Waals surface area contributed by atoms with Gasteiger partial charge in [0.1, 0.15) is 12.2 Å². The number of carbonyl (C=O) groups excluding carboxylic acids is 2. The van der Waals surface area contributed by atoms with E-state index in [1.807, 2.05) is 0 Å². The van der Waals surface area contributed by atoms with E-state index >= 15 is 0 Å². The van der Waals surface area contributed by atoms with Crippen molar-refractivity contribution in [1.82, 2.24) is 0 Å². The Morgan fingerprint density at radius 3 is 2.10 bits per heavy atom. The van der Waals surface area contributed by atoms with E-state index in [-0.39, 0.29) is 64.1 Å². The zero-order valence-corrected chi connectivity index (χ0v) is 27.5. The van der Waals surface area contributed by atoms with Gasteiger partial charge in [-0.3, -0.25) is 14.4 Å². The SMILES string of the molecule is CC(=O)OC1CC2(C)C3=C(CCC2(C)C1C(CCC(CO)C(C)C)C(=O)O)C1(C)CCC(OC(C)=O)C(C)(C)C1CC3. The molecule has 7 heteroatoms.